The molecule has 8 heteroatoms. The highest BCUT2D eigenvalue weighted by molar-refractivity contribution is 8.13. The zero-order valence-electron chi connectivity index (χ0n) is 21.5. The molecule has 6 rings (SSSR count). The first-order valence-corrected chi connectivity index (χ1v) is 13.7. The Balaban J connectivity index is 1.10. The predicted molar refractivity (Wildman–Crippen MR) is 163 cm³/mol. The Kier molecular flexibility index (Phi) is 7.12. The molecule has 5 aromatic rings. The van der Waals surface area contributed by atoms with Gasteiger partial charge in [0.25, 0.3) is 0 Å². The van der Waals surface area contributed by atoms with Gasteiger partial charge < -0.3 is 11.1 Å². The molecule has 0 saturated heterocycles. The number of aromatic nitrogens is 3. The molecule has 1 aliphatic heterocycles. The largest absolute Gasteiger partial charge is 0.399 e. The quantitative estimate of drug-likeness (QED) is 0.186. The Labute approximate surface area is 236 Å². The van der Waals surface area contributed by atoms with Gasteiger partial charge in [0.1, 0.15) is 5.69 Å². The number of amidine groups is 1. The minimum Gasteiger partial charge on any atom is -0.399 e. The molecule has 0 spiro atoms. The second-order valence-corrected chi connectivity index (χ2v) is 10.2. The number of thioether (sulfide) groups is 1. The van der Waals surface area contributed by atoms with Crippen LogP contribution >= 0.6 is 11.8 Å². The van der Waals surface area contributed by atoms with E-state index in [1.807, 2.05) is 60.8 Å². The molecule has 1 aliphatic rings. The van der Waals surface area contributed by atoms with Gasteiger partial charge in [-0.1, -0.05) is 95.8 Å². The minimum atomic E-state index is 0.371. The van der Waals surface area contributed by atoms with Crippen molar-refractivity contribution in [2.24, 2.45) is 4.99 Å². The summed E-state index contributed by atoms with van der Waals surface area (Å²) in [5, 5.41) is 12.8. The Morgan fingerprint density at radius 1 is 0.825 bits per heavy atom. The third-order valence-corrected chi connectivity index (χ3v) is 7.57. The van der Waals surface area contributed by atoms with Gasteiger partial charge in [-0.3, -0.25) is 4.99 Å². The van der Waals surface area contributed by atoms with Gasteiger partial charge in [-0.05, 0) is 46.5 Å². The van der Waals surface area contributed by atoms with Crippen LogP contribution in [0.1, 0.15) is 11.1 Å². The van der Waals surface area contributed by atoms with Gasteiger partial charge in [0, 0.05) is 17.0 Å². The molecule has 0 atom stereocenters. The molecule has 0 bridgehead atoms. The SMILES string of the molecule is [C-]#[N+]C1=C(c2ccc(-c3ccccc3)cc2)NC(SCc2ccc(-n3cc(-c4ccc(N)cc4)nn3)cc2)=NC1. The number of benzene rings is 4. The van der Waals surface area contributed by atoms with Crippen molar-refractivity contribution in [1.82, 2.24) is 20.3 Å². The summed E-state index contributed by atoms with van der Waals surface area (Å²) in [6.07, 6.45) is 1.91. The highest BCUT2D eigenvalue weighted by Crippen LogP contribution is 2.27. The van der Waals surface area contributed by atoms with Crippen molar-refractivity contribution in [1.29, 1.82) is 0 Å². The Hall–Kier alpha value is -5.13. The summed E-state index contributed by atoms with van der Waals surface area (Å²) in [7, 11) is 0. The summed E-state index contributed by atoms with van der Waals surface area (Å²) >= 11 is 1.62. The predicted octanol–water partition coefficient (Wildman–Crippen LogP) is 6.66. The zero-order chi connectivity index (χ0) is 27.3. The van der Waals surface area contributed by atoms with Crippen molar-refractivity contribution < 1.29 is 0 Å². The average Bonchev–Trinajstić information content (AvgIpc) is 3.51. The standard InChI is InChI=1S/C32H25N7S/c1-34-29-19-35-32(36-31(29)26-11-9-24(10-12-26)23-5-3-2-4-6-23)40-21-22-7-17-28(18-8-22)39-20-30(37-38-39)25-13-15-27(33)16-14-25/h2-18,20H,19,21,33H2,(H,35,36). The molecule has 2 heterocycles. The van der Waals surface area contributed by atoms with Gasteiger partial charge in [-0.15, -0.1) is 5.10 Å². The summed E-state index contributed by atoms with van der Waals surface area (Å²) in [4.78, 5) is 8.34. The molecular formula is C32H25N7S. The molecule has 0 fully saturated rings. The van der Waals surface area contributed by atoms with E-state index in [0.29, 0.717) is 12.2 Å². The van der Waals surface area contributed by atoms with Crippen LogP contribution in [0.5, 0.6) is 0 Å². The number of hydrogen-bond acceptors (Lipinski definition) is 6. The second kappa shape index (κ2) is 11.3. The normalized spacial score (nSPS) is 12.9. The van der Waals surface area contributed by atoms with Crippen LogP contribution in [0.15, 0.2) is 120 Å². The number of nitrogen functional groups attached to an aromatic ring is 1. The summed E-state index contributed by atoms with van der Waals surface area (Å²) in [6, 6.07) is 34.4. The molecule has 3 N–H and O–H groups in total. The summed E-state index contributed by atoms with van der Waals surface area (Å²) in [5.74, 6) is 0.744. The first kappa shape index (κ1) is 25.2. The molecule has 0 radical (unpaired) electrons. The van der Waals surface area contributed by atoms with Crippen molar-refractivity contribution >= 4 is 28.3 Å². The monoisotopic (exact) mass is 539 g/mol. The molecule has 0 amide bonds. The molecule has 0 saturated carbocycles. The van der Waals surface area contributed by atoms with E-state index in [4.69, 9.17) is 12.3 Å². The molecule has 0 unspecified atom stereocenters. The van der Waals surface area contributed by atoms with E-state index in [-0.39, 0.29) is 0 Å². The molecule has 194 valence electrons. The maximum atomic E-state index is 7.64. The van der Waals surface area contributed by atoms with Crippen LogP contribution < -0.4 is 11.1 Å². The molecule has 0 aliphatic carbocycles. The lowest BCUT2D eigenvalue weighted by molar-refractivity contribution is 0.803. The lowest BCUT2D eigenvalue weighted by Gasteiger charge is -2.19. The van der Waals surface area contributed by atoms with Crippen molar-refractivity contribution in [3.63, 3.8) is 0 Å². The number of aliphatic imine (C=N–C) groups is 1. The lowest BCUT2D eigenvalue weighted by Crippen LogP contribution is -2.25. The summed E-state index contributed by atoms with van der Waals surface area (Å²) in [6.45, 7) is 8.01. The first-order chi connectivity index (χ1) is 19.7. The van der Waals surface area contributed by atoms with Crippen LogP contribution in [0.3, 0.4) is 0 Å². The van der Waals surface area contributed by atoms with Crippen LogP contribution in [0.25, 0.3) is 38.6 Å². The maximum Gasteiger partial charge on any atom is 0.209 e. The van der Waals surface area contributed by atoms with Gasteiger partial charge in [-0.25, -0.2) is 9.53 Å². The van der Waals surface area contributed by atoms with Gasteiger partial charge in [0.2, 0.25) is 5.70 Å². The maximum absolute atomic E-state index is 7.64. The van der Waals surface area contributed by atoms with E-state index in [0.717, 1.165) is 55.9 Å². The fourth-order valence-corrected chi connectivity index (χ4v) is 5.21. The second-order valence-electron chi connectivity index (χ2n) is 9.25. The number of nitrogens with zero attached hydrogens (tertiary/aromatic N) is 5. The van der Waals surface area contributed by atoms with Crippen LogP contribution in [0.4, 0.5) is 5.69 Å². The van der Waals surface area contributed by atoms with Crippen molar-refractivity contribution in [3.8, 4) is 28.1 Å². The Morgan fingerprint density at radius 3 is 2.23 bits per heavy atom. The smallest absolute Gasteiger partial charge is 0.209 e. The van der Waals surface area contributed by atoms with E-state index >= 15 is 0 Å². The highest BCUT2D eigenvalue weighted by atomic mass is 32.2. The van der Waals surface area contributed by atoms with E-state index < -0.39 is 0 Å². The third-order valence-electron chi connectivity index (χ3n) is 6.58. The number of hydrogen-bond donors (Lipinski definition) is 2. The van der Waals surface area contributed by atoms with E-state index in [1.54, 1.807) is 16.4 Å². The molecule has 40 heavy (non-hydrogen) atoms. The van der Waals surface area contributed by atoms with E-state index in [2.05, 4.69) is 74.0 Å². The van der Waals surface area contributed by atoms with Gasteiger partial charge in [-0.2, -0.15) is 0 Å². The van der Waals surface area contributed by atoms with Crippen molar-refractivity contribution in [2.75, 3.05) is 12.3 Å². The molecule has 1 aromatic heterocycles. The van der Waals surface area contributed by atoms with Crippen LogP contribution in [0.2, 0.25) is 0 Å². The lowest BCUT2D eigenvalue weighted by atomic mass is 10.0. The number of anilines is 1. The summed E-state index contributed by atoms with van der Waals surface area (Å²) in [5.41, 5.74) is 15.1. The summed E-state index contributed by atoms with van der Waals surface area (Å²) < 4.78 is 1.77. The van der Waals surface area contributed by atoms with Gasteiger partial charge in [0.15, 0.2) is 5.17 Å². The van der Waals surface area contributed by atoms with E-state index in [1.165, 1.54) is 5.56 Å². The minimum absolute atomic E-state index is 0.371. The fourth-order valence-electron chi connectivity index (χ4n) is 4.39. The first-order valence-electron chi connectivity index (χ1n) is 12.7. The average molecular weight is 540 g/mol. The van der Waals surface area contributed by atoms with Crippen LogP contribution in [0, 0.1) is 6.57 Å². The number of nitrogens with one attached hydrogen (secondary N) is 1. The highest BCUT2D eigenvalue weighted by Gasteiger charge is 2.17. The topological polar surface area (TPSA) is 85.5 Å². The Bertz CT molecular complexity index is 1730. The molecule has 4 aromatic carbocycles. The van der Waals surface area contributed by atoms with E-state index in [9.17, 15) is 0 Å². The van der Waals surface area contributed by atoms with Crippen molar-refractivity contribution in [2.45, 2.75) is 5.75 Å². The van der Waals surface area contributed by atoms with Crippen molar-refractivity contribution in [3.05, 3.63) is 138 Å². The zero-order valence-corrected chi connectivity index (χ0v) is 22.3. The van der Waals surface area contributed by atoms with Crippen LogP contribution in [-0.4, -0.2) is 26.7 Å². The number of rotatable bonds is 6. The molecular weight excluding hydrogens is 514 g/mol. The third kappa shape index (κ3) is 5.51. The molecule has 7 nitrogen and oxygen atoms in total. The van der Waals surface area contributed by atoms with Gasteiger partial charge in [0.05, 0.1) is 30.7 Å². The Morgan fingerprint density at radius 2 is 1.50 bits per heavy atom. The fraction of sp³-hybridized carbons (Fsp3) is 0.0625. The number of nitrogens with two attached hydrogens (primary N) is 1. The van der Waals surface area contributed by atoms with Crippen LogP contribution in [-0.2, 0) is 5.75 Å². The van der Waals surface area contributed by atoms with Gasteiger partial charge >= 0.3 is 0 Å².